The number of amides is 1. The third-order valence-electron chi connectivity index (χ3n) is 4.25. The molecule has 0 unspecified atom stereocenters. The Kier molecular flexibility index (Phi) is 7.37. The molecule has 0 aliphatic carbocycles. The highest BCUT2D eigenvalue weighted by Gasteiger charge is 2.22. The third kappa shape index (κ3) is 5.22. The fourth-order valence-electron chi connectivity index (χ4n) is 2.85. The van der Waals surface area contributed by atoms with Gasteiger partial charge in [-0.3, -0.25) is 19.1 Å². The fraction of sp³-hybridized carbons (Fsp3) is 0.381. The highest BCUT2D eigenvalue weighted by atomic mass is 16.2. The van der Waals surface area contributed by atoms with E-state index in [2.05, 4.69) is 4.98 Å². The number of nitrogens with zero attached hydrogens (tertiary/aromatic N) is 2. The first-order chi connectivity index (χ1) is 13.3. The zero-order valence-electron chi connectivity index (χ0n) is 16.6. The van der Waals surface area contributed by atoms with Gasteiger partial charge in [-0.2, -0.15) is 0 Å². The van der Waals surface area contributed by atoms with Crippen molar-refractivity contribution in [3.8, 4) is 0 Å². The summed E-state index contributed by atoms with van der Waals surface area (Å²) in [5.41, 5.74) is 5.85. The second-order valence-electron chi connectivity index (χ2n) is 7.09. The van der Waals surface area contributed by atoms with E-state index in [0.717, 1.165) is 12.0 Å². The van der Waals surface area contributed by atoms with Gasteiger partial charge in [0.05, 0.1) is 0 Å². The molecule has 0 radical (unpaired) electrons. The van der Waals surface area contributed by atoms with Gasteiger partial charge in [-0.05, 0) is 24.0 Å². The summed E-state index contributed by atoms with van der Waals surface area (Å²) < 4.78 is 1.31. The molecule has 2 rings (SSSR count). The van der Waals surface area contributed by atoms with Gasteiger partial charge in [0.2, 0.25) is 0 Å². The lowest BCUT2D eigenvalue weighted by atomic mass is 10.2. The lowest BCUT2D eigenvalue weighted by Gasteiger charge is -2.23. The van der Waals surface area contributed by atoms with Crippen molar-refractivity contribution in [3.63, 3.8) is 0 Å². The van der Waals surface area contributed by atoms with Crippen molar-refractivity contribution < 1.29 is 4.79 Å². The number of nitrogen functional groups attached to an aromatic ring is 1. The molecule has 0 aliphatic heterocycles. The zero-order chi connectivity index (χ0) is 20.7. The molecule has 0 aliphatic rings. The topological polar surface area (TPSA) is 101 Å². The Bertz CT molecular complexity index is 942. The van der Waals surface area contributed by atoms with Crippen LogP contribution in [0, 0.1) is 5.92 Å². The van der Waals surface area contributed by atoms with Gasteiger partial charge in [-0.15, -0.1) is 0 Å². The Morgan fingerprint density at radius 2 is 1.93 bits per heavy atom. The Morgan fingerprint density at radius 1 is 1.25 bits per heavy atom. The number of benzene rings is 1. The smallest absolute Gasteiger partial charge is 0.330 e. The predicted octanol–water partition coefficient (Wildman–Crippen LogP) is 2.62. The standard InChI is InChI=1S/C21H28N4O3/c1-4-5-13-24(17(26)12-11-16-9-7-6-8-10-16)18-19(22)25(14-15(2)3)21(28)23-20(18)27/h6-12,15H,4-5,13-14,22H2,1-3H3,(H,23,27,28). The number of aromatic amines is 1. The van der Waals surface area contributed by atoms with Crippen molar-refractivity contribution in [1.82, 2.24) is 9.55 Å². The molecule has 7 nitrogen and oxygen atoms in total. The lowest BCUT2D eigenvalue weighted by Crippen LogP contribution is -2.41. The van der Waals surface area contributed by atoms with Gasteiger partial charge in [0.25, 0.3) is 11.5 Å². The molecule has 0 saturated carbocycles. The number of unbranched alkanes of at least 4 members (excludes halogenated alkanes) is 1. The molecule has 0 fully saturated rings. The molecule has 1 amide bonds. The number of nitrogens with two attached hydrogens (primary N) is 1. The summed E-state index contributed by atoms with van der Waals surface area (Å²) >= 11 is 0. The summed E-state index contributed by atoms with van der Waals surface area (Å²) in [4.78, 5) is 41.2. The van der Waals surface area contributed by atoms with Crippen molar-refractivity contribution in [2.45, 2.75) is 40.2 Å². The van der Waals surface area contributed by atoms with Crippen LogP contribution < -0.4 is 21.9 Å². The number of hydrogen-bond acceptors (Lipinski definition) is 4. The maximum atomic E-state index is 12.9. The Hall–Kier alpha value is -3.09. The summed E-state index contributed by atoms with van der Waals surface area (Å²) in [6, 6.07) is 9.41. The molecule has 0 saturated heterocycles. The van der Waals surface area contributed by atoms with E-state index >= 15 is 0 Å². The molecular weight excluding hydrogens is 356 g/mol. The molecule has 0 bridgehead atoms. The number of nitrogens with one attached hydrogen (secondary N) is 1. The van der Waals surface area contributed by atoms with Crippen molar-refractivity contribution >= 4 is 23.5 Å². The van der Waals surface area contributed by atoms with Gasteiger partial charge in [0.15, 0.2) is 5.69 Å². The van der Waals surface area contributed by atoms with E-state index in [1.165, 1.54) is 15.5 Å². The Balaban J connectivity index is 2.47. The van der Waals surface area contributed by atoms with Gasteiger partial charge in [0.1, 0.15) is 5.82 Å². The minimum Gasteiger partial charge on any atom is -0.383 e. The lowest BCUT2D eigenvalue weighted by molar-refractivity contribution is -0.114. The van der Waals surface area contributed by atoms with E-state index in [0.29, 0.717) is 19.5 Å². The molecule has 2 aromatic rings. The number of carbonyl (C=O) groups excluding carboxylic acids is 1. The van der Waals surface area contributed by atoms with Gasteiger partial charge in [0, 0.05) is 19.2 Å². The van der Waals surface area contributed by atoms with Crippen LogP contribution in [0.15, 0.2) is 46.0 Å². The van der Waals surface area contributed by atoms with Crippen LogP contribution in [0.25, 0.3) is 6.08 Å². The van der Waals surface area contributed by atoms with E-state index in [4.69, 9.17) is 5.73 Å². The normalized spacial score (nSPS) is 11.3. The number of rotatable bonds is 8. The van der Waals surface area contributed by atoms with Crippen molar-refractivity contribution in [2.24, 2.45) is 5.92 Å². The van der Waals surface area contributed by atoms with Crippen molar-refractivity contribution in [2.75, 3.05) is 17.2 Å². The van der Waals surface area contributed by atoms with E-state index < -0.39 is 11.2 Å². The van der Waals surface area contributed by atoms with Crippen molar-refractivity contribution in [3.05, 3.63) is 62.8 Å². The zero-order valence-corrected chi connectivity index (χ0v) is 16.6. The van der Waals surface area contributed by atoms with E-state index in [-0.39, 0.29) is 23.3 Å². The van der Waals surface area contributed by atoms with Gasteiger partial charge >= 0.3 is 5.69 Å². The number of aromatic nitrogens is 2. The van der Waals surface area contributed by atoms with Crippen LogP contribution >= 0.6 is 0 Å². The molecule has 28 heavy (non-hydrogen) atoms. The fourth-order valence-corrected chi connectivity index (χ4v) is 2.85. The van der Waals surface area contributed by atoms with Crippen molar-refractivity contribution in [1.29, 1.82) is 0 Å². The Labute approximate surface area is 164 Å². The average molecular weight is 384 g/mol. The van der Waals surface area contributed by atoms with Gasteiger partial charge in [-0.1, -0.05) is 57.5 Å². The molecule has 1 aromatic heterocycles. The molecular formula is C21H28N4O3. The molecule has 0 atom stereocenters. The number of anilines is 2. The summed E-state index contributed by atoms with van der Waals surface area (Å²) in [5.74, 6) is -0.194. The number of H-pyrrole nitrogens is 1. The summed E-state index contributed by atoms with van der Waals surface area (Å²) in [6.07, 6.45) is 4.65. The van der Waals surface area contributed by atoms with E-state index in [1.807, 2.05) is 51.1 Å². The first-order valence-electron chi connectivity index (χ1n) is 9.52. The van der Waals surface area contributed by atoms with Crippen LogP contribution in [0.3, 0.4) is 0 Å². The maximum absolute atomic E-state index is 12.9. The van der Waals surface area contributed by atoms with Gasteiger partial charge < -0.3 is 10.6 Å². The van der Waals surface area contributed by atoms with Crippen LogP contribution in [0.1, 0.15) is 39.2 Å². The minimum atomic E-state index is -0.653. The largest absolute Gasteiger partial charge is 0.383 e. The van der Waals surface area contributed by atoms with Crippen LogP contribution in [0.5, 0.6) is 0 Å². The van der Waals surface area contributed by atoms with E-state index in [9.17, 15) is 14.4 Å². The second-order valence-corrected chi connectivity index (χ2v) is 7.09. The van der Waals surface area contributed by atoms with Gasteiger partial charge in [-0.25, -0.2) is 4.79 Å². The predicted molar refractivity (Wildman–Crippen MR) is 113 cm³/mol. The first-order valence-corrected chi connectivity index (χ1v) is 9.52. The average Bonchev–Trinajstić information content (AvgIpc) is 2.66. The van der Waals surface area contributed by atoms with Crippen LogP contribution in [0.2, 0.25) is 0 Å². The van der Waals surface area contributed by atoms with Crippen LogP contribution in [-0.2, 0) is 11.3 Å². The molecule has 0 spiro atoms. The molecule has 7 heteroatoms. The van der Waals surface area contributed by atoms with E-state index in [1.54, 1.807) is 6.08 Å². The summed E-state index contributed by atoms with van der Waals surface area (Å²) in [5, 5.41) is 0. The summed E-state index contributed by atoms with van der Waals surface area (Å²) in [7, 11) is 0. The Morgan fingerprint density at radius 3 is 2.54 bits per heavy atom. The number of hydrogen-bond donors (Lipinski definition) is 2. The maximum Gasteiger partial charge on any atom is 0.330 e. The molecule has 150 valence electrons. The SMILES string of the molecule is CCCCN(C(=O)C=Cc1ccccc1)c1c(N)n(CC(C)C)c(=O)[nH]c1=O. The monoisotopic (exact) mass is 384 g/mol. The van der Waals surface area contributed by atoms with Crippen LogP contribution in [-0.4, -0.2) is 22.0 Å². The molecule has 1 heterocycles. The number of carbonyl (C=O) groups is 1. The minimum absolute atomic E-state index is 0.0139. The highest BCUT2D eigenvalue weighted by Crippen LogP contribution is 2.19. The first kappa shape index (κ1) is 21.2. The quantitative estimate of drug-likeness (QED) is 0.683. The van der Waals surface area contributed by atoms with Crippen LogP contribution in [0.4, 0.5) is 11.5 Å². The second kappa shape index (κ2) is 9.73. The third-order valence-corrected chi connectivity index (χ3v) is 4.25. The molecule has 3 N–H and O–H groups in total. The molecule has 1 aromatic carbocycles. The highest BCUT2D eigenvalue weighted by molar-refractivity contribution is 6.05. The summed E-state index contributed by atoms with van der Waals surface area (Å²) in [6.45, 7) is 6.57.